The van der Waals surface area contributed by atoms with Gasteiger partial charge >= 0.3 is 0 Å². The Balaban J connectivity index is 1.16. The van der Waals surface area contributed by atoms with Gasteiger partial charge in [-0.15, -0.1) is 0 Å². The smallest absolute Gasteiger partial charge is 0.137 e. The summed E-state index contributed by atoms with van der Waals surface area (Å²) in [6, 6.07) is 81.1. The summed E-state index contributed by atoms with van der Waals surface area (Å²) in [5.74, 6) is 0. The van der Waals surface area contributed by atoms with Crippen molar-refractivity contribution in [2.24, 2.45) is 0 Å². The molecule has 0 N–H and O–H groups in total. The number of benzene rings is 9. The molecule has 0 bridgehead atoms. The average Bonchev–Trinajstić information content (AvgIpc) is 3.82. The van der Waals surface area contributed by atoms with Crippen molar-refractivity contribution < 1.29 is 4.42 Å². The average molecular weight is 728 g/mol. The van der Waals surface area contributed by atoms with Gasteiger partial charge in [-0.3, -0.25) is 0 Å². The van der Waals surface area contributed by atoms with Gasteiger partial charge in [-0.2, -0.15) is 0 Å². The van der Waals surface area contributed by atoms with Crippen LogP contribution in [0.5, 0.6) is 0 Å². The molecule has 0 spiro atoms. The Hall–Kier alpha value is -7.42. The zero-order valence-corrected chi connectivity index (χ0v) is 31.2. The van der Waals surface area contributed by atoms with E-state index in [0.29, 0.717) is 0 Å². The third kappa shape index (κ3) is 5.26. The van der Waals surface area contributed by atoms with E-state index in [2.05, 4.69) is 229 Å². The highest BCUT2D eigenvalue weighted by molar-refractivity contribution is 6.14. The topological polar surface area (TPSA) is 16.4 Å². The van der Waals surface area contributed by atoms with E-state index >= 15 is 0 Å². The Morgan fingerprint density at radius 2 is 0.912 bits per heavy atom. The maximum Gasteiger partial charge on any atom is 0.137 e. The van der Waals surface area contributed by atoms with E-state index in [-0.39, 0.29) is 0 Å². The van der Waals surface area contributed by atoms with Crippen molar-refractivity contribution in [2.75, 3.05) is 4.90 Å². The molecule has 10 aromatic rings. The fourth-order valence-electron chi connectivity index (χ4n) is 9.26. The number of hydrogen-bond donors (Lipinski definition) is 0. The molecule has 268 valence electrons. The number of fused-ring (bicyclic) bond motifs is 6. The molecule has 11 rings (SSSR count). The Labute approximate surface area is 332 Å². The van der Waals surface area contributed by atoms with Crippen LogP contribution in [0, 0.1) is 0 Å². The molecule has 0 saturated heterocycles. The highest BCUT2D eigenvalue weighted by atomic mass is 16.3. The second kappa shape index (κ2) is 13.4. The molecule has 2 heteroatoms. The van der Waals surface area contributed by atoms with Gasteiger partial charge in [-0.05, 0) is 104 Å². The Morgan fingerprint density at radius 1 is 0.351 bits per heavy atom. The van der Waals surface area contributed by atoms with Gasteiger partial charge < -0.3 is 9.32 Å². The fraction of sp³-hybridized carbons (Fsp3) is 0.0182. The summed E-state index contributed by atoms with van der Waals surface area (Å²) in [5.41, 5.74) is 16.7. The molecule has 2 nitrogen and oxygen atoms in total. The third-order valence-electron chi connectivity index (χ3n) is 11.8. The minimum atomic E-state index is -0.516. The first-order valence-corrected chi connectivity index (χ1v) is 19.6. The van der Waals surface area contributed by atoms with E-state index in [1.165, 1.54) is 50.1 Å². The van der Waals surface area contributed by atoms with Crippen LogP contribution in [0.2, 0.25) is 0 Å². The molecule has 57 heavy (non-hydrogen) atoms. The molecule has 0 atom stereocenters. The second-order valence-electron chi connectivity index (χ2n) is 14.8. The summed E-state index contributed by atoms with van der Waals surface area (Å²) in [6.45, 7) is 0. The highest BCUT2D eigenvalue weighted by Gasteiger charge is 2.46. The van der Waals surface area contributed by atoms with Gasteiger partial charge in [0.1, 0.15) is 11.2 Å². The van der Waals surface area contributed by atoms with Crippen LogP contribution in [0.4, 0.5) is 17.1 Å². The van der Waals surface area contributed by atoms with Gasteiger partial charge in [0.05, 0.1) is 16.5 Å². The Morgan fingerprint density at radius 3 is 1.60 bits per heavy atom. The van der Waals surface area contributed by atoms with Gasteiger partial charge in [0.15, 0.2) is 0 Å². The van der Waals surface area contributed by atoms with E-state index in [4.69, 9.17) is 4.42 Å². The van der Waals surface area contributed by atoms with Crippen LogP contribution in [0.25, 0.3) is 55.3 Å². The molecule has 1 heterocycles. The molecule has 0 amide bonds. The number of rotatable bonds is 7. The zero-order chi connectivity index (χ0) is 37.8. The van der Waals surface area contributed by atoms with E-state index in [1.54, 1.807) is 0 Å². The van der Waals surface area contributed by atoms with Crippen molar-refractivity contribution in [1.29, 1.82) is 0 Å². The molecule has 9 aromatic carbocycles. The third-order valence-corrected chi connectivity index (χ3v) is 11.8. The van der Waals surface area contributed by atoms with Crippen LogP contribution in [-0.4, -0.2) is 0 Å². The Kier molecular flexibility index (Phi) is 7.75. The lowest BCUT2D eigenvalue weighted by molar-refractivity contribution is 0.668. The molecule has 1 aliphatic carbocycles. The summed E-state index contributed by atoms with van der Waals surface area (Å²) in [6.07, 6.45) is 0. The van der Waals surface area contributed by atoms with Crippen LogP contribution in [0.15, 0.2) is 229 Å². The van der Waals surface area contributed by atoms with Gasteiger partial charge in [0, 0.05) is 16.8 Å². The van der Waals surface area contributed by atoms with Gasteiger partial charge in [0.2, 0.25) is 0 Å². The van der Waals surface area contributed by atoms with E-state index in [1.807, 2.05) is 0 Å². The number of hydrogen-bond acceptors (Lipinski definition) is 2. The van der Waals surface area contributed by atoms with Crippen LogP contribution in [0.3, 0.4) is 0 Å². The SMILES string of the molecule is c1ccc(-c2ccc(N(c3cccc(-c4ccccc4)c3)c3cccc4oc5ccc(C6(c7ccccc7)c7ccccc7-c7ccccc76)cc5c34)cc2)cc1. The van der Waals surface area contributed by atoms with Gasteiger partial charge in [0.25, 0.3) is 0 Å². The summed E-state index contributed by atoms with van der Waals surface area (Å²) >= 11 is 0. The van der Waals surface area contributed by atoms with Crippen LogP contribution in [0.1, 0.15) is 22.3 Å². The molecule has 0 aliphatic heterocycles. The first-order chi connectivity index (χ1) is 28.3. The number of furan rings is 1. The van der Waals surface area contributed by atoms with Crippen molar-refractivity contribution >= 4 is 39.0 Å². The maximum absolute atomic E-state index is 6.75. The summed E-state index contributed by atoms with van der Waals surface area (Å²) in [7, 11) is 0. The summed E-state index contributed by atoms with van der Waals surface area (Å²) in [4.78, 5) is 2.39. The molecule has 0 radical (unpaired) electrons. The second-order valence-corrected chi connectivity index (χ2v) is 14.8. The largest absolute Gasteiger partial charge is 0.456 e. The van der Waals surface area contributed by atoms with Crippen LogP contribution in [-0.2, 0) is 5.41 Å². The number of anilines is 3. The first kappa shape index (κ1) is 33.0. The molecule has 0 saturated carbocycles. The van der Waals surface area contributed by atoms with Gasteiger partial charge in [-0.25, -0.2) is 0 Å². The molecule has 0 fully saturated rings. The minimum absolute atomic E-state index is 0.516. The van der Waals surface area contributed by atoms with E-state index in [0.717, 1.165) is 44.6 Å². The van der Waals surface area contributed by atoms with Crippen molar-refractivity contribution in [1.82, 2.24) is 0 Å². The highest BCUT2D eigenvalue weighted by Crippen LogP contribution is 2.57. The lowest BCUT2D eigenvalue weighted by Crippen LogP contribution is -2.28. The molecular weight excluding hydrogens is 691 g/mol. The fourth-order valence-corrected chi connectivity index (χ4v) is 9.26. The summed E-state index contributed by atoms with van der Waals surface area (Å²) in [5, 5.41) is 2.16. The minimum Gasteiger partial charge on any atom is -0.456 e. The molecule has 0 unspecified atom stereocenters. The molecule has 1 aliphatic rings. The van der Waals surface area contributed by atoms with Crippen LogP contribution >= 0.6 is 0 Å². The van der Waals surface area contributed by atoms with Crippen LogP contribution < -0.4 is 4.90 Å². The molecular formula is C55H37NO. The Bertz CT molecular complexity index is 3010. The van der Waals surface area contributed by atoms with Gasteiger partial charge in [-0.1, -0.05) is 176 Å². The normalized spacial score (nSPS) is 12.7. The monoisotopic (exact) mass is 727 g/mol. The van der Waals surface area contributed by atoms with Crippen molar-refractivity contribution in [3.05, 3.63) is 247 Å². The summed E-state index contributed by atoms with van der Waals surface area (Å²) < 4.78 is 6.75. The van der Waals surface area contributed by atoms with Crippen molar-refractivity contribution in [2.45, 2.75) is 5.41 Å². The maximum atomic E-state index is 6.75. The van der Waals surface area contributed by atoms with E-state index in [9.17, 15) is 0 Å². The standard InChI is InChI=1S/C55H37NO/c1-4-16-38(17-5-1)40-30-33-44(34-31-40)56(45-23-14-20-41(36-45)39-18-6-2-7-19-39)51-28-15-29-53-54(51)48-37-43(32-35-52(48)57-53)55(42-21-8-3-9-22-42)49-26-12-10-24-46(49)47-25-11-13-27-50(47)55/h1-37H. The van der Waals surface area contributed by atoms with Crippen molar-refractivity contribution in [3.63, 3.8) is 0 Å². The lowest BCUT2D eigenvalue weighted by atomic mass is 9.67. The quantitative estimate of drug-likeness (QED) is 0.163. The first-order valence-electron chi connectivity index (χ1n) is 19.6. The van der Waals surface area contributed by atoms with E-state index < -0.39 is 5.41 Å². The zero-order valence-electron chi connectivity index (χ0n) is 31.2. The predicted molar refractivity (Wildman–Crippen MR) is 237 cm³/mol. The lowest BCUT2D eigenvalue weighted by Gasteiger charge is -2.34. The predicted octanol–water partition coefficient (Wildman–Crippen LogP) is 14.8. The number of nitrogens with zero attached hydrogens (tertiary/aromatic N) is 1. The van der Waals surface area contributed by atoms with Crippen molar-refractivity contribution in [3.8, 4) is 33.4 Å². The molecule has 1 aromatic heterocycles.